The lowest BCUT2D eigenvalue weighted by Crippen LogP contribution is -2.47. The first-order valence-corrected chi connectivity index (χ1v) is 7.11. The van der Waals surface area contributed by atoms with E-state index in [1.165, 1.54) is 0 Å². The molecule has 20 heavy (non-hydrogen) atoms. The minimum atomic E-state index is -0.850. The van der Waals surface area contributed by atoms with Gasteiger partial charge in [0.05, 0.1) is 5.60 Å². The third kappa shape index (κ3) is 3.51. The number of carbonyl (C=O) groups is 1. The molecule has 0 spiro atoms. The van der Waals surface area contributed by atoms with Crippen molar-refractivity contribution in [2.45, 2.75) is 25.4 Å². The van der Waals surface area contributed by atoms with Crippen molar-refractivity contribution in [2.24, 2.45) is 0 Å². The second-order valence-corrected chi connectivity index (χ2v) is 5.87. The van der Waals surface area contributed by atoms with Gasteiger partial charge in [-0.1, -0.05) is 17.7 Å². The zero-order chi connectivity index (χ0) is 14.8. The maximum absolute atomic E-state index is 12.3. The fraction of sp³-hybridized carbons (Fsp3) is 0.533. The molecular weight excluding hydrogens is 278 g/mol. The van der Waals surface area contributed by atoms with Gasteiger partial charge in [0, 0.05) is 50.2 Å². The van der Waals surface area contributed by atoms with Crippen LogP contribution in [0.25, 0.3) is 0 Å². The molecule has 1 aromatic carbocycles. The van der Waals surface area contributed by atoms with Gasteiger partial charge in [-0.25, -0.2) is 0 Å². The second kappa shape index (κ2) is 6.12. The Labute approximate surface area is 124 Å². The minimum Gasteiger partial charge on any atom is -0.388 e. The first-order chi connectivity index (χ1) is 9.41. The fourth-order valence-electron chi connectivity index (χ4n) is 2.37. The molecule has 1 heterocycles. The summed E-state index contributed by atoms with van der Waals surface area (Å²) in [6.07, 6.45) is 1.11. The lowest BCUT2D eigenvalue weighted by Gasteiger charge is -2.35. The average Bonchev–Trinajstić information content (AvgIpc) is 2.41. The summed E-state index contributed by atoms with van der Waals surface area (Å²) in [7, 11) is 1.70. The molecule has 1 aromatic rings. The Hall–Kier alpha value is -1.10. The maximum Gasteiger partial charge on any atom is 0.253 e. The van der Waals surface area contributed by atoms with Gasteiger partial charge in [-0.2, -0.15) is 0 Å². The van der Waals surface area contributed by atoms with Crippen molar-refractivity contribution in [3.05, 3.63) is 34.3 Å². The van der Waals surface area contributed by atoms with Crippen LogP contribution in [0.1, 0.15) is 28.8 Å². The Balaban J connectivity index is 2.06. The SMILES string of the molecule is Cc1ccc(C(=O)N(C)CC2(O)CCOCC2)cc1Cl. The lowest BCUT2D eigenvalue weighted by atomic mass is 9.93. The molecule has 1 saturated heterocycles. The van der Waals surface area contributed by atoms with Crippen LogP contribution in [0.3, 0.4) is 0 Å². The summed E-state index contributed by atoms with van der Waals surface area (Å²) in [5.41, 5.74) is 0.629. The van der Waals surface area contributed by atoms with E-state index in [9.17, 15) is 9.90 Å². The van der Waals surface area contributed by atoms with Crippen molar-refractivity contribution in [3.8, 4) is 0 Å². The number of aryl methyl sites for hydroxylation is 1. The molecule has 110 valence electrons. The highest BCUT2D eigenvalue weighted by Crippen LogP contribution is 2.23. The van der Waals surface area contributed by atoms with Crippen LogP contribution in [-0.2, 0) is 4.74 Å². The van der Waals surface area contributed by atoms with E-state index in [0.717, 1.165) is 5.56 Å². The standard InChI is InChI=1S/C15H20ClNO3/c1-11-3-4-12(9-13(11)16)14(18)17(2)10-15(19)5-7-20-8-6-15/h3-4,9,19H,5-8,10H2,1-2H3. The number of carbonyl (C=O) groups excluding carboxylic acids is 1. The van der Waals surface area contributed by atoms with E-state index < -0.39 is 5.60 Å². The molecule has 1 aliphatic rings. The highest BCUT2D eigenvalue weighted by atomic mass is 35.5. The van der Waals surface area contributed by atoms with Crippen LogP contribution in [0.4, 0.5) is 0 Å². The molecule has 5 heteroatoms. The predicted octanol–water partition coefficient (Wildman–Crippen LogP) is 2.26. The van der Waals surface area contributed by atoms with Crippen LogP contribution in [0.5, 0.6) is 0 Å². The van der Waals surface area contributed by atoms with Gasteiger partial charge in [-0.3, -0.25) is 4.79 Å². The highest BCUT2D eigenvalue weighted by Gasteiger charge is 2.32. The van der Waals surface area contributed by atoms with Gasteiger partial charge in [0.2, 0.25) is 0 Å². The molecule has 0 saturated carbocycles. The molecule has 1 amide bonds. The van der Waals surface area contributed by atoms with E-state index in [1.54, 1.807) is 24.1 Å². The van der Waals surface area contributed by atoms with E-state index in [4.69, 9.17) is 16.3 Å². The summed E-state index contributed by atoms with van der Waals surface area (Å²) < 4.78 is 5.24. The number of ether oxygens (including phenoxy) is 1. The lowest BCUT2D eigenvalue weighted by molar-refractivity contribution is -0.0734. The number of likely N-dealkylation sites (N-methyl/N-ethyl adjacent to an activating group) is 1. The van der Waals surface area contributed by atoms with Gasteiger partial charge in [0.1, 0.15) is 0 Å². The molecule has 0 aromatic heterocycles. The van der Waals surface area contributed by atoms with Crippen molar-refractivity contribution in [1.29, 1.82) is 0 Å². The normalized spacial score (nSPS) is 17.8. The first-order valence-electron chi connectivity index (χ1n) is 6.73. The Bertz CT molecular complexity index is 498. The van der Waals surface area contributed by atoms with E-state index in [2.05, 4.69) is 0 Å². The van der Waals surface area contributed by atoms with Crippen LogP contribution < -0.4 is 0 Å². The number of amides is 1. The van der Waals surface area contributed by atoms with Gasteiger partial charge in [-0.15, -0.1) is 0 Å². The highest BCUT2D eigenvalue weighted by molar-refractivity contribution is 6.31. The van der Waals surface area contributed by atoms with Gasteiger partial charge in [-0.05, 0) is 24.6 Å². The van der Waals surface area contributed by atoms with Crippen LogP contribution in [0.15, 0.2) is 18.2 Å². The number of rotatable bonds is 3. The number of halogens is 1. The number of nitrogens with zero attached hydrogens (tertiary/aromatic N) is 1. The average molecular weight is 298 g/mol. The largest absolute Gasteiger partial charge is 0.388 e. The Morgan fingerprint density at radius 3 is 2.70 bits per heavy atom. The summed E-state index contributed by atoms with van der Waals surface area (Å²) in [6, 6.07) is 5.25. The zero-order valence-corrected chi connectivity index (χ0v) is 12.6. The Morgan fingerprint density at radius 1 is 1.45 bits per heavy atom. The molecule has 0 unspecified atom stereocenters. The smallest absolute Gasteiger partial charge is 0.253 e. The van der Waals surface area contributed by atoms with Crippen molar-refractivity contribution < 1.29 is 14.6 Å². The summed E-state index contributed by atoms with van der Waals surface area (Å²) in [6.45, 7) is 3.27. The third-order valence-corrected chi connectivity index (χ3v) is 4.13. The van der Waals surface area contributed by atoms with E-state index >= 15 is 0 Å². The monoisotopic (exact) mass is 297 g/mol. The quantitative estimate of drug-likeness (QED) is 0.931. The van der Waals surface area contributed by atoms with Crippen molar-refractivity contribution in [3.63, 3.8) is 0 Å². The van der Waals surface area contributed by atoms with E-state index in [-0.39, 0.29) is 5.91 Å². The molecule has 4 nitrogen and oxygen atoms in total. The first kappa shape index (κ1) is 15.3. The number of hydrogen-bond acceptors (Lipinski definition) is 3. The van der Waals surface area contributed by atoms with Gasteiger partial charge in [0.15, 0.2) is 0 Å². The van der Waals surface area contributed by atoms with Crippen molar-refractivity contribution in [1.82, 2.24) is 4.90 Å². The number of benzene rings is 1. The fourth-order valence-corrected chi connectivity index (χ4v) is 2.55. The van der Waals surface area contributed by atoms with E-state index in [0.29, 0.717) is 43.2 Å². The molecule has 0 radical (unpaired) electrons. The topological polar surface area (TPSA) is 49.8 Å². The van der Waals surface area contributed by atoms with Crippen LogP contribution in [0, 0.1) is 6.92 Å². The molecular formula is C15H20ClNO3. The molecule has 1 N–H and O–H groups in total. The van der Waals surface area contributed by atoms with Gasteiger partial charge < -0.3 is 14.7 Å². The molecule has 2 rings (SSSR count). The van der Waals surface area contributed by atoms with Crippen LogP contribution in [-0.4, -0.2) is 48.3 Å². The summed E-state index contributed by atoms with van der Waals surface area (Å²) in [5, 5.41) is 11.0. The van der Waals surface area contributed by atoms with Crippen LogP contribution in [0.2, 0.25) is 5.02 Å². The molecule has 1 aliphatic heterocycles. The van der Waals surface area contributed by atoms with Crippen molar-refractivity contribution >= 4 is 17.5 Å². The Kier molecular flexibility index (Phi) is 4.68. The zero-order valence-electron chi connectivity index (χ0n) is 11.9. The number of hydrogen-bond donors (Lipinski definition) is 1. The molecule has 0 atom stereocenters. The number of aliphatic hydroxyl groups is 1. The summed E-state index contributed by atoms with van der Waals surface area (Å²) >= 11 is 6.05. The maximum atomic E-state index is 12.3. The molecule has 1 fully saturated rings. The molecule has 0 aliphatic carbocycles. The third-order valence-electron chi connectivity index (χ3n) is 3.72. The van der Waals surface area contributed by atoms with Crippen molar-refractivity contribution in [2.75, 3.05) is 26.8 Å². The van der Waals surface area contributed by atoms with Gasteiger partial charge >= 0.3 is 0 Å². The molecule has 0 bridgehead atoms. The summed E-state index contributed by atoms with van der Waals surface area (Å²) in [4.78, 5) is 13.9. The predicted molar refractivity (Wildman–Crippen MR) is 78.2 cm³/mol. The van der Waals surface area contributed by atoms with Crippen LogP contribution >= 0.6 is 11.6 Å². The van der Waals surface area contributed by atoms with E-state index in [1.807, 2.05) is 13.0 Å². The van der Waals surface area contributed by atoms with Gasteiger partial charge in [0.25, 0.3) is 5.91 Å². The Morgan fingerprint density at radius 2 is 2.10 bits per heavy atom. The minimum absolute atomic E-state index is 0.133. The second-order valence-electron chi connectivity index (χ2n) is 5.46. The summed E-state index contributed by atoms with van der Waals surface area (Å²) in [5.74, 6) is -0.133.